The van der Waals surface area contributed by atoms with Crippen LogP contribution in [0.5, 0.6) is 5.88 Å². The number of anilines is 2. The Morgan fingerprint density at radius 3 is 2.59 bits per heavy atom. The van der Waals surface area contributed by atoms with Crippen LogP contribution in [-0.4, -0.2) is 54.7 Å². The van der Waals surface area contributed by atoms with E-state index >= 15 is 0 Å². The van der Waals surface area contributed by atoms with Gasteiger partial charge in [-0.25, -0.2) is 4.98 Å². The summed E-state index contributed by atoms with van der Waals surface area (Å²) in [6.07, 6.45) is 1.50. The van der Waals surface area contributed by atoms with Crippen molar-refractivity contribution in [2.45, 2.75) is 6.92 Å². The van der Waals surface area contributed by atoms with Gasteiger partial charge >= 0.3 is 0 Å². The van der Waals surface area contributed by atoms with E-state index in [1.54, 1.807) is 7.11 Å². The Hall–Kier alpha value is -1.56. The molecule has 1 aromatic heterocycles. The standard InChI is InChI=1S/C11H19N5O/c1-3-15-4-6-16(7-5-15)10-9(12)11(17-2)14-8-13-10/h8H,3-7,12H2,1-2H3. The van der Waals surface area contributed by atoms with Crippen LogP contribution in [-0.2, 0) is 0 Å². The maximum absolute atomic E-state index is 5.99. The number of ether oxygens (including phenoxy) is 1. The molecule has 1 fully saturated rings. The van der Waals surface area contributed by atoms with Crippen molar-refractivity contribution < 1.29 is 4.74 Å². The van der Waals surface area contributed by atoms with Gasteiger partial charge in [-0.15, -0.1) is 0 Å². The van der Waals surface area contributed by atoms with Gasteiger partial charge < -0.3 is 20.3 Å². The van der Waals surface area contributed by atoms with Crippen LogP contribution >= 0.6 is 0 Å². The molecule has 1 saturated heterocycles. The van der Waals surface area contributed by atoms with Crippen LogP contribution in [0.4, 0.5) is 11.5 Å². The number of methoxy groups -OCH3 is 1. The lowest BCUT2D eigenvalue weighted by atomic mass is 10.3. The third kappa shape index (κ3) is 2.41. The van der Waals surface area contributed by atoms with E-state index in [2.05, 4.69) is 26.7 Å². The van der Waals surface area contributed by atoms with E-state index in [0.29, 0.717) is 11.6 Å². The summed E-state index contributed by atoms with van der Waals surface area (Å²) in [6, 6.07) is 0. The van der Waals surface area contributed by atoms with Crippen LogP contribution in [0.25, 0.3) is 0 Å². The van der Waals surface area contributed by atoms with E-state index in [0.717, 1.165) is 38.5 Å². The van der Waals surface area contributed by atoms with E-state index < -0.39 is 0 Å². The quantitative estimate of drug-likeness (QED) is 0.810. The largest absolute Gasteiger partial charge is 0.479 e. The number of nitrogens with zero attached hydrogens (tertiary/aromatic N) is 4. The van der Waals surface area contributed by atoms with Crippen molar-refractivity contribution in [3.05, 3.63) is 6.33 Å². The monoisotopic (exact) mass is 237 g/mol. The van der Waals surface area contributed by atoms with Crippen LogP contribution in [0.2, 0.25) is 0 Å². The lowest BCUT2D eigenvalue weighted by Gasteiger charge is -2.35. The Balaban J connectivity index is 2.13. The molecule has 0 atom stereocenters. The molecule has 2 N–H and O–H groups in total. The third-order valence-electron chi connectivity index (χ3n) is 3.14. The highest BCUT2D eigenvalue weighted by Gasteiger charge is 2.20. The zero-order chi connectivity index (χ0) is 12.3. The Labute approximate surface area is 101 Å². The molecule has 94 valence electrons. The molecule has 0 spiro atoms. The van der Waals surface area contributed by atoms with Gasteiger partial charge in [-0.3, -0.25) is 0 Å². The van der Waals surface area contributed by atoms with Crippen LogP contribution in [0.15, 0.2) is 6.33 Å². The van der Waals surface area contributed by atoms with Crippen LogP contribution in [0, 0.1) is 0 Å². The highest BCUT2D eigenvalue weighted by atomic mass is 16.5. The summed E-state index contributed by atoms with van der Waals surface area (Å²) in [7, 11) is 1.57. The maximum atomic E-state index is 5.99. The molecule has 6 heteroatoms. The molecule has 0 unspecified atom stereocenters. The first-order valence-electron chi connectivity index (χ1n) is 5.88. The molecule has 6 nitrogen and oxygen atoms in total. The second-order valence-corrected chi connectivity index (χ2v) is 4.04. The molecular weight excluding hydrogens is 218 g/mol. The zero-order valence-corrected chi connectivity index (χ0v) is 10.4. The number of hydrogen-bond acceptors (Lipinski definition) is 6. The second kappa shape index (κ2) is 5.18. The number of rotatable bonds is 3. The smallest absolute Gasteiger partial charge is 0.242 e. The molecule has 2 rings (SSSR count). The maximum Gasteiger partial charge on any atom is 0.242 e. The molecule has 0 saturated carbocycles. The van der Waals surface area contributed by atoms with Crippen LogP contribution < -0.4 is 15.4 Å². The lowest BCUT2D eigenvalue weighted by molar-refractivity contribution is 0.270. The van der Waals surface area contributed by atoms with Gasteiger partial charge in [0.15, 0.2) is 5.82 Å². The summed E-state index contributed by atoms with van der Waals surface area (Å²) < 4.78 is 5.11. The van der Waals surface area contributed by atoms with Crippen LogP contribution in [0.3, 0.4) is 0 Å². The molecule has 1 aromatic rings. The third-order valence-corrected chi connectivity index (χ3v) is 3.14. The van der Waals surface area contributed by atoms with E-state index in [1.807, 2.05) is 0 Å². The van der Waals surface area contributed by atoms with Crippen molar-refractivity contribution in [3.8, 4) is 5.88 Å². The van der Waals surface area contributed by atoms with Gasteiger partial charge in [-0.05, 0) is 6.54 Å². The van der Waals surface area contributed by atoms with Crippen molar-refractivity contribution in [1.82, 2.24) is 14.9 Å². The average Bonchev–Trinajstić information content (AvgIpc) is 2.39. The van der Waals surface area contributed by atoms with Crippen molar-refractivity contribution in [1.29, 1.82) is 0 Å². The van der Waals surface area contributed by atoms with Crippen molar-refractivity contribution in [3.63, 3.8) is 0 Å². The summed E-state index contributed by atoms with van der Waals surface area (Å²) in [5.41, 5.74) is 6.51. The van der Waals surface area contributed by atoms with Crippen molar-refractivity contribution in [2.24, 2.45) is 0 Å². The van der Waals surface area contributed by atoms with Crippen molar-refractivity contribution >= 4 is 11.5 Å². The van der Waals surface area contributed by atoms with Crippen LogP contribution in [0.1, 0.15) is 6.92 Å². The van der Waals surface area contributed by atoms with Gasteiger partial charge in [-0.2, -0.15) is 4.98 Å². The Kier molecular flexibility index (Phi) is 3.63. The first-order chi connectivity index (χ1) is 8.26. The van der Waals surface area contributed by atoms with E-state index in [9.17, 15) is 0 Å². The fraction of sp³-hybridized carbons (Fsp3) is 0.636. The minimum atomic E-state index is 0.452. The minimum absolute atomic E-state index is 0.452. The Morgan fingerprint density at radius 2 is 2.00 bits per heavy atom. The summed E-state index contributed by atoms with van der Waals surface area (Å²) in [5.74, 6) is 1.24. The topological polar surface area (TPSA) is 67.5 Å². The van der Waals surface area contributed by atoms with Crippen molar-refractivity contribution in [2.75, 3.05) is 50.5 Å². The zero-order valence-electron chi connectivity index (χ0n) is 10.4. The molecule has 0 radical (unpaired) electrons. The molecule has 1 aliphatic heterocycles. The Morgan fingerprint density at radius 1 is 1.29 bits per heavy atom. The number of aromatic nitrogens is 2. The fourth-order valence-corrected chi connectivity index (χ4v) is 2.06. The molecule has 0 aromatic carbocycles. The Bertz CT molecular complexity index is 376. The number of nitrogens with two attached hydrogens (primary N) is 1. The lowest BCUT2D eigenvalue weighted by Crippen LogP contribution is -2.46. The average molecular weight is 237 g/mol. The SMILES string of the molecule is CCN1CCN(c2ncnc(OC)c2N)CC1. The number of piperazine rings is 1. The van der Waals surface area contributed by atoms with Gasteiger partial charge in [-0.1, -0.05) is 6.92 Å². The molecule has 0 bridgehead atoms. The van der Waals surface area contributed by atoms with E-state index in [-0.39, 0.29) is 0 Å². The molecule has 17 heavy (non-hydrogen) atoms. The predicted octanol–water partition coefficient (Wildman–Crippen LogP) is 0.209. The predicted molar refractivity (Wildman–Crippen MR) is 67.3 cm³/mol. The highest BCUT2D eigenvalue weighted by Crippen LogP contribution is 2.27. The normalized spacial score (nSPS) is 17.2. The van der Waals surface area contributed by atoms with Gasteiger partial charge in [0, 0.05) is 26.2 Å². The fourth-order valence-electron chi connectivity index (χ4n) is 2.06. The second-order valence-electron chi connectivity index (χ2n) is 4.04. The van der Waals surface area contributed by atoms with Gasteiger partial charge in [0.05, 0.1) is 7.11 Å². The molecule has 0 aliphatic carbocycles. The molecular formula is C11H19N5O. The molecule has 1 aliphatic rings. The van der Waals surface area contributed by atoms with Gasteiger partial charge in [0.1, 0.15) is 12.0 Å². The molecule has 2 heterocycles. The number of nitrogen functional groups attached to an aromatic ring is 1. The van der Waals surface area contributed by atoms with E-state index in [1.165, 1.54) is 6.33 Å². The number of likely N-dealkylation sites (N-methyl/N-ethyl adjacent to an activating group) is 1. The summed E-state index contributed by atoms with van der Waals surface area (Å²) in [5, 5.41) is 0. The summed E-state index contributed by atoms with van der Waals surface area (Å²) >= 11 is 0. The first kappa shape index (κ1) is 11.9. The highest BCUT2D eigenvalue weighted by molar-refractivity contribution is 5.67. The van der Waals surface area contributed by atoms with Gasteiger partial charge in [0.2, 0.25) is 5.88 Å². The number of hydrogen-bond donors (Lipinski definition) is 1. The summed E-state index contributed by atoms with van der Waals surface area (Å²) in [4.78, 5) is 12.8. The minimum Gasteiger partial charge on any atom is -0.479 e. The molecule has 0 amide bonds. The first-order valence-corrected chi connectivity index (χ1v) is 5.88. The van der Waals surface area contributed by atoms with E-state index in [4.69, 9.17) is 10.5 Å². The summed E-state index contributed by atoms with van der Waals surface area (Å²) in [6.45, 7) is 7.25. The van der Waals surface area contributed by atoms with Gasteiger partial charge in [0.25, 0.3) is 0 Å².